The number of carbonyl (C=O) groups excluding carboxylic acids is 2. The molecule has 218 valence electrons. The molecule has 2 aromatic rings. The molecule has 0 spiro atoms. The van der Waals surface area contributed by atoms with E-state index in [0.29, 0.717) is 36.0 Å². The number of carbonyl (C=O) groups is 2. The zero-order chi connectivity index (χ0) is 29.8. The second-order valence-corrected chi connectivity index (χ2v) is 13.4. The van der Waals surface area contributed by atoms with Gasteiger partial charge in [0.05, 0.1) is 16.7 Å². The third-order valence-electron chi connectivity index (χ3n) is 6.63. The molecule has 0 radical (unpaired) electrons. The van der Waals surface area contributed by atoms with Crippen LogP contribution in [0.1, 0.15) is 69.6 Å². The van der Waals surface area contributed by atoms with E-state index in [0.717, 1.165) is 11.1 Å². The van der Waals surface area contributed by atoms with Gasteiger partial charge in [-0.05, 0) is 87.3 Å². The number of nitrogens with one attached hydrogen (secondary N) is 1. The third-order valence-corrected chi connectivity index (χ3v) is 8.99. The average molecular weight is 575 g/mol. The molecule has 12 heteroatoms. The van der Waals surface area contributed by atoms with Gasteiger partial charge in [0.25, 0.3) is 0 Å². The van der Waals surface area contributed by atoms with E-state index in [9.17, 15) is 28.1 Å². The zero-order valence-corrected chi connectivity index (χ0v) is 24.7. The highest BCUT2D eigenvalue weighted by atomic mass is 32.2. The van der Waals surface area contributed by atoms with E-state index in [2.05, 4.69) is 5.32 Å². The lowest BCUT2D eigenvalue weighted by Crippen LogP contribution is -2.34. The summed E-state index contributed by atoms with van der Waals surface area (Å²) in [6.07, 6.45) is 0.573. The number of nitrogens with zero attached hydrogens (tertiary/aromatic N) is 1. The Bertz CT molecular complexity index is 1340. The van der Waals surface area contributed by atoms with Gasteiger partial charge in [0.2, 0.25) is 0 Å². The molecule has 2 amide bonds. The monoisotopic (exact) mass is 574 g/mol. The average Bonchev–Trinajstić information content (AvgIpc) is 3.70. The van der Waals surface area contributed by atoms with E-state index < -0.39 is 40.0 Å². The maximum atomic E-state index is 13.1. The summed E-state index contributed by atoms with van der Waals surface area (Å²) in [4.78, 5) is 26.7. The fraction of sp³-hybridized carbons (Fsp3) is 0.500. The van der Waals surface area contributed by atoms with Crippen LogP contribution in [0.2, 0.25) is 0 Å². The first-order valence-electron chi connectivity index (χ1n) is 13.3. The number of sulfone groups is 1. The van der Waals surface area contributed by atoms with E-state index in [1.54, 1.807) is 39.0 Å². The van der Waals surface area contributed by atoms with Crippen LogP contribution in [0.4, 0.5) is 15.3 Å². The first kappa shape index (κ1) is 31.4. The Kier molecular flexibility index (Phi) is 9.92. The summed E-state index contributed by atoms with van der Waals surface area (Å²) >= 11 is 0. The van der Waals surface area contributed by atoms with Gasteiger partial charge in [0.1, 0.15) is 12.2 Å². The number of hydrogen-bond donors (Lipinski definition) is 3. The molecular formula is C28H39BN2O8S. The highest BCUT2D eigenvalue weighted by molar-refractivity contribution is 7.92. The second-order valence-electron chi connectivity index (χ2n) is 11.2. The lowest BCUT2D eigenvalue weighted by Gasteiger charge is -2.25. The van der Waals surface area contributed by atoms with Crippen LogP contribution in [0.3, 0.4) is 0 Å². The maximum Gasteiger partial charge on any atom is 0.488 e. The molecule has 3 rings (SSSR count). The molecule has 1 aliphatic carbocycles. The van der Waals surface area contributed by atoms with Gasteiger partial charge in [-0.1, -0.05) is 25.1 Å². The normalized spacial score (nSPS) is 14.3. The van der Waals surface area contributed by atoms with Crippen molar-refractivity contribution in [3.8, 4) is 0 Å². The molecule has 40 heavy (non-hydrogen) atoms. The lowest BCUT2D eigenvalue weighted by atomic mass is 9.78. The summed E-state index contributed by atoms with van der Waals surface area (Å²) in [5.41, 5.74) is 2.16. The van der Waals surface area contributed by atoms with Gasteiger partial charge in [0.15, 0.2) is 9.84 Å². The highest BCUT2D eigenvalue weighted by Crippen LogP contribution is 2.36. The molecule has 0 bridgehead atoms. The first-order valence-corrected chi connectivity index (χ1v) is 14.9. The van der Waals surface area contributed by atoms with Crippen molar-refractivity contribution in [3.05, 3.63) is 53.1 Å². The summed E-state index contributed by atoms with van der Waals surface area (Å²) in [6.45, 7) is 9.12. The molecule has 1 aliphatic rings. The summed E-state index contributed by atoms with van der Waals surface area (Å²) in [7, 11) is -3.61. The number of hydrogen-bond acceptors (Lipinski definition) is 8. The second kappa shape index (κ2) is 12.6. The fourth-order valence-corrected chi connectivity index (χ4v) is 6.21. The summed E-state index contributed by atoms with van der Waals surface area (Å²) in [6, 6.07) is 9.62. The topological polar surface area (TPSA) is 142 Å². The molecule has 0 unspecified atom stereocenters. The molecular weight excluding hydrogens is 535 g/mol. The SMILES string of the molecule is CC[C@@H](COC(=O)Nc1ccc(S(=O)(=O)C2CC2)c(CN(C)C(=O)OC(C)(C)C)c1)c1ccc(B(O)O)cc1C. The van der Waals surface area contributed by atoms with Gasteiger partial charge >= 0.3 is 19.3 Å². The van der Waals surface area contributed by atoms with Crippen LogP contribution < -0.4 is 10.8 Å². The minimum atomic E-state index is -3.57. The van der Waals surface area contributed by atoms with Crippen LogP contribution in [0.15, 0.2) is 41.3 Å². The quantitative estimate of drug-likeness (QED) is 0.365. The minimum absolute atomic E-state index is 0.0313. The van der Waals surface area contributed by atoms with Gasteiger partial charge in [-0.3, -0.25) is 5.32 Å². The van der Waals surface area contributed by atoms with Gasteiger partial charge in [-0.2, -0.15) is 0 Å². The largest absolute Gasteiger partial charge is 0.488 e. The first-order chi connectivity index (χ1) is 18.6. The molecule has 1 fully saturated rings. The summed E-state index contributed by atoms with van der Waals surface area (Å²) in [5.74, 6) is -0.111. The number of ether oxygens (including phenoxy) is 2. The van der Waals surface area contributed by atoms with E-state index in [1.807, 2.05) is 13.8 Å². The Balaban J connectivity index is 1.75. The Labute approximate surface area is 236 Å². The molecule has 10 nitrogen and oxygen atoms in total. The van der Waals surface area contributed by atoms with E-state index in [4.69, 9.17) is 9.47 Å². The van der Waals surface area contributed by atoms with Gasteiger partial charge < -0.3 is 24.4 Å². The third kappa shape index (κ3) is 8.22. The number of benzene rings is 2. The molecule has 0 aromatic heterocycles. The number of rotatable bonds is 10. The standard InChI is InChI=1S/C28H39BN2O8S/c1-7-19(24-12-8-21(29(34)35)14-18(24)2)17-38-26(32)30-22-9-13-25(40(36,37)23-10-11-23)20(15-22)16-31(6)27(33)39-28(3,4)5/h8-9,12-15,19,23,34-35H,7,10-11,16-17H2,1-6H3,(H,30,32)/t19-/m0/s1. The van der Waals surface area contributed by atoms with Crippen LogP contribution in [-0.4, -0.2) is 67.2 Å². The number of anilines is 1. The van der Waals surface area contributed by atoms with Crippen molar-refractivity contribution in [2.75, 3.05) is 19.0 Å². The Morgan fingerprint density at radius 1 is 1.15 bits per heavy atom. The van der Waals surface area contributed by atoms with E-state index in [-0.39, 0.29) is 24.0 Å². The van der Waals surface area contributed by atoms with E-state index in [1.165, 1.54) is 30.1 Å². The van der Waals surface area contributed by atoms with Crippen molar-refractivity contribution < 1.29 is 37.5 Å². The Morgan fingerprint density at radius 3 is 2.38 bits per heavy atom. The van der Waals surface area contributed by atoms with Crippen molar-refractivity contribution in [1.82, 2.24) is 4.90 Å². The predicted molar refractivity (Wildman–Crippen MR) is 153 cm³/mol. The zero-order valence-electron chi connectivity index (χ0n) is 23.9. The summed E-state index contributed by atoms with van der Waals surface area (Å²) < 4.78 is 37.1. The lowest BCUT2D eigenvalue weighted by molar-refractivity contribution is 0.0283. The molecule has 1 atom stereocenters. The Hall–Kier alpha value is -3.09. The van der Waals surface area contributed by atoms with Crippen LogP contribution >= 0.6 is 0 Å². The smallest absolute Gasteiger partial charge is 0.449 e. The van der Waals surface area contributed by atoms with Crippen molar-refractivity contribution in [1.29, 1.82) is 0 Å². The van der Waals surface area contributed by atoms with Gasteiger partial charge in [-0.25, -0.2) is 18.0 Å². The minimum Gasteiger partial charge on any atom is -0.449 e. The van der Waals surface area contributed by atoms with Crippen molar-refractivity contribution in [2.45, 2.75) is 82.1 Å². The predicted octanol–water partition coefficient (Wildman–Crippen LogP) is 3.72. The van der Waals surface area contributed by atoms with E-state index >= 15 is 0 Å². The molecule has 0 heterocycles. The highest BCUT2D eigenvalue weighted by Gasteiger charge is 2.38. The molecule has 2 aromatic carbocycles. The number of aryl methyl sites for hydroxylation is 1. The van der Waals surface area contributed by atoms with Gasteiger partial charge in [0, 0.05) is 18.7 Å². The summed E-state index contributed by atoms with van der Waals surface area (Å²) in [5, 5.41) is 21.0. The fourth-order valence-electron chi connectivity index (χ4n) is 4.35. The van der Waals surface area contributed by atoms with Crippen molar-refractivity contribution >= 4 is 40.3 Å². The van der Waals surface area contributed by atoms with Crippen LogP contribution in [0.5, 0.6) is 0 Å². The van der Waals surface area contributed by atoms with Crippen LogP contribution in [0.25, 0.3) is 0 Å². The Morgan fingerprint density at radius 2 is 1.82 bits per heavy atom. The molecule has 0 saturated heterocycles. The van der Waals surface area contributed by atoms with Crippen LogP contribution in [-0.2, 0) is 25.9 Å². The van der Waals surface area contributed by atoms with Crippen LogP contribution in [0, 0.1) is 6.92 Å². The van der Waals surface area contributed by atoms with Gasteiger partial charge in [-0.15, -0.1) is 0 Å². The maximum absolute atomic E-state index is 13.1. The van der Waals surface area contributed by atoms with Crippen molar-refractivity contribution in [3.63, 3.8) is 0 Å². The molecule has 0 aliphatic heterocycles. The number of amides is 2. The van der Waals surface area contributed by atoms with Crippen molar-refractivity contribution in [2.24, 2.45) is 0 Å². The molecule has 1 saturated carbocycles. The molecule has 3 N–H and O–H groups in total.